The minimum absolute atomic E-state index is 0.132. The Kier molecular flexibility index (Phi) is 3.23. The summed E-state index contributed by atoms with van der Waals surface area (Å²) < 4.78 is 7.17. The second-order valence-electron chi connectivity index (χ2n) is 6.11. The number of anilines is 1. The molecular weight excluding hydrogens is 302 g/mol. The maximum absolute atomic E-state index is 10.6. The summed E-state index contributed by atoms with van der Waals surface area (Å²) in [5.41, 5.74) is 6.05. The lowest BCUT2D eigenvalue weighted by Crippen LogP contribution is -2.25. The molecule has 0 amide bonds. The Morgan fingerprint density at radius 3 is 2.79 bits per heavy atom. The molecule has 5 nitrogen and oxygen atoms in total. The fourth-order valence-corrected chi connectivity index (χ4v) is 3.25. The fraction of sp³-hybridized carbons (Fsp3) is 0.211. The highest BCUT2D eigenvalue weighted by Crippen LogP contribution is 2.42. The van der Waals surface area contributed by atoms with Crippen LogP contribution in [0, 0.1) is 13.8 Å². The molecule has 24 heavy (non-hydrogen) atoms. The lowest BCUT2D eigenvalue weighted by atomic mass is 10.0. The zero-order valence-electron chi connectivity index (χ0n) is 13.9. The van der Waals surface area contributed by atoms with Crippen LogP contribution in [-0.4, -0.2) is 22.0 Å². The SMILES string of the molecule is COc1cccc(C2Nc3ccc(C)cc3-c3cc(C)nn32)c1O. The molecule has 5 heteroatoms. The van der Waals surface area contributed by atoms with Gasteiger partial charge >= 0.3 is 0 Å². The number of aromatic nitrogens is 2. The van der Waals surface area contributed by atoms with Crippen LogP contribution in [0.2, 0.25) is 0 Å². The molecule has 0 bridgehead atoms. The molecule has 0 aliphatic carbocycles. The van der Waals surface area contributed by atoms with Gasteiger partial charge in [-0.2, -0.15) is 5.10 Å². The third-order valence-corrected chi connectivity index (χ3v) is 4.39. The number of aromatic hydroxyl groups is 1. The fourth-order valence-electron chi connectivity index (χ4n) is 3.25. The van der Waals surface area contributed by atoms with E-state index >= 15 is 0 Å². The van der Waals surface area contributed by atoms with Gasteiger partial charge in [0, 0.05) is 16.8 Å². The van der Waals surface area contributed by atoms with Crippen LogP contribution >= 0.6 is 0 Å². The second kappa shape index (κ2) is 5.30. The molecule has 2 N–H and O–H groups in total. The van der Waals surface area contributed by atoms with E-state index in [0.29, 0.717) is 5.75 Å². The van der Waals surface area contributed by atoms with Gasteiger partial charge in [-0.05, 0) is 38.1 Å². The van der Waals surface area contributed by atoms with E-state index in [4.69, 9.17) is 4.74 Å². The summed E-state index contributed by atoms with van der Waals surface area (Å²) in [6.45, 7) is 4.05. The zero-order chi connectivity index (χ0) is 16.8. The number of benzene rings is 2. The van der Waals surface area contributed by atoms with Gasteiger partial charge < -0.3 is 15.2 Å². The molecular formula is C19H19N3O2. The molecule has 122 valence electrons. The largest absolute Gasteiger partial charge is 0.504 e. The van der Waals surface area contributed by atoms with Crippen LogP contribution in [0.25, 0.3) is 11.3 Å². The number of rotatable bonds is 2. The Morgan fingerprint density at radius 1 is 1.17 bits per heavy atom. The van der Waals surface area contributed by atoms with Crippen molar-refractivity contribution in [1.82, 2.24) is 9.78 Å². The number of hydrogen-bond donors (Lipinski definition) is 2. The van der Waals surface area contributed by atoms with Crippen molar-refractivity contribution in [2.75, 3.05) is 12.4 Å². The molecule has 0 radical (unpaired) electrons. The number of phenolic OH excluding ortho intramolecular Hbond substituents is 1. The number of nitrogens with one attached hydrogen (secondary N) is 1. The van der Waals surface area contributed by atoms with Crippen molar-refractivity contribution >= 4 is 5.69 Å². The standard InChI is InChI=1S/C19H19N3O2/c1-11-7-8-15-14(9-11)16-10-12(2)21-22(16)19(20-15)13-5-4-6-17(24-3)18(13)23/h4-10,19-20,23H,1-3H3. The topological polar surface area (TPSA) is 59.3 Å². The number of fused-ring (bicyclic) bond motifs is 3. The molecule has 0 saturated heterocycles. The maximum atomic E-state index is 10.6. The van der Waals surface area contributed by atoms with Crippen molar-refractivity contribution in [3.05, 3.63) is 59.3 Å². The minimum Gasteiger partial charge on any atom is -0.504 e. The van der Waals surface area contributed by atoms with Gasteiger partial charge in [0.2, 0.25) is 0 Å². The first-order valence-electron chi connectivity index (χ1n) is 7.88. The molecule has 1 atom stereocenters. The monoisotopic (exact) mass is 321 g/mol. The molecule has 1 unspecified atom stereocenters. The highest BCUT2D eigenvalue weighted by Gasteiger charge is 2.29. The quantitative estimate of drug-likeness (QED) is 0.752. The average Bonchev–Trinajstić information content (AvgIpc) is 2.96. The first-order valence-corrected chi connectivity index (χ1v) is 7.88. The summed E-state index contributed by atoms with van der Waals surface area (Å²) in [6.07, 6.45) is -0.293. The predicted molar refractivity (Wildman–Crippen MR) is 93.6 cm³/mol. The second-order valence-corrected chi connectivity index (χ2v) is 6.11. The third-order valence-electron chi connectivity index (χ3n) is 4.39. The molecule has 1 aliphatic rings. The van der Waals surface area contributed by atoms with Crippen LogP contribution in [0.15, 0.2) is 42.5 Å². The minimum atomic E-state index is -0.293. The molecule has 4 rings (SSSR count). The zero-order valence-corrected chi connectivity index (χ0v) is 13.9. The van der Waals surface area contributed by atoms with Crippen LogP contribution in [-0.2, 0) is 0 Å². The van der Waals surface area contributed by atoms with Gasteiger partial charge in [0.1, 0.15) is 0 Å². The van der Waals surface area contributed by atoms with Crippen molar-refractivity contribution < 1.29 is 9.84 Å². The normalized spacial score (nSPS) is 15.4. The molecule has 3 aromatic rings. The van der Waals surface area contributed by atoms with Gasteiger partial charge in [0.15, 0.2) is 17.7 Å². The highest BCUT2D eigenvalue weighted by atomic mass is 16.5. The summed E-state index contributed by atoms with van der Waals surface area (Å²) in [5, 5.41) is 18.7. The van der Waals surface area contributed by atoms with Gasteiger partial charge in [0.05, 0.1) is 18.5 Å². The van der Waals surface area contributed by atoms with E-state index in [2.05, 4.69) is 41.6 Å². The van der Waals surface area contributed by atoms with Crippen LogP contribution in [0.5, 0.6) is 11.5 Å². The number of hydrogen-bond acceptors (Lipinski definition) is 4. The van der Waals surface area contributed by atoms with Gasteiger partial charge in [-0.25, -0.2) is 4.68 Å². The number of ether oxygens (including phenoxy) is 1. The van der Waals surface area contributed by atoms with Gasteiger partial charge in [-0.15, -0.1) is 0 Å². The van der Waals surface area contributed by atoms with Crippen molar-refractivity contribution in [3.63, 3.8) is 0 Å². The number of aryl methyl sites for hydroxylation is 2. The van der Waals surface area contributed by atoms with Crippen molar-refractivity contribution in [3.8, 4) is 22.8 Å². The molecule has 0 fully saturated rings. The Hall–Kier alpha value is -2.95. The predicted octanol–water partition coefficient (Wildman–Crippen LogP) is 3.85. The summed E-state index contributed by atoms with van der Waals surface area (Å²) in [7, 11) is 1.55. The first kappa shape index (κ1) is 14.6. The van der Waals surface area contributed by atoms with Gasteiger partial charge in [0.25, 0.3) is 0 Å². The Balaban J connectivity index is 1.92. The first-order chi connectivity index (χ1) is 11.6. The van der Waals surface area contributed by atoms with Crippen LogP contribution < -0.4 is 10.1 Å². The number of para-hydroxylation sites is 1. The number of methoxy groups -OCH3 is 1. The lowest BCUT2D eigenvalue weighted by Gasteiger charge is -2.30. The van der Waals surface area contributed by atoms with E-state index < -0.39 is 0 Å². The smallest absolute Gasteiger partial charge is 0.164 e. The van der Waals surface area contributed by atoms with Crippen molar-refractivity contribution in [2.45, 2.75) is 20.0 Å². The molecule has 0 saturated carbocycles. The Morgan fingerprint density at radius 2 is 2.00 bits per heavy atom. The molecule has 1 aliphatic heterocycles. The summed E-state index contributed by atoms with van der Waals surface area (Å²) in [4.78, 5) is 0. The molecule has 1 aromatic heterocycles. The molecule has 2 aromatic carbocycles. The maximum Gasteiger partial charge on any atom is 0.164 e. The van der Waals surface area contributed by atoms with Crippen molar-refractivity contribution in [2.24, 2.45) is 0 Å². The number of phenols is 1. The summed E-state index contributed by atoms with van der Waals surface area (Å²) >= 11 is 0. The average molecular weight is 321 g/mol. The van der Waals surface area contributed by atoms with E-state index in [9.17, 15) is 5.11 Å². The van der Waals surface area contributed by atoms with E-state index in [-0.39, 0.29) is 11.9 Å². The van der Waals surface area contributed by atoms with E-state index in [0.717, 1.165) is 28.2 Å². The highest BCUT2D eigenvalue weighted by molar-refractivity contribution is 5.79. The van der Waals surface area contributed by atoms with E-state index in [1.165, 1.54) is 5.56 Å². The Bertz CT molecular complexity index is 930. The van der Waals surface area contributed by atoms with Crippen molar-refractivity contribution in [1.29, 1.82) is 0 Å². The molecule has 0 spiro atoms. The van der Waals surface area contributed by atoms with Gasteiger partial charge in [-0.3, -0.25) is 0 Å². The third kappa shape index (κ3) is 2.12. The van der Waals surface area contributed by atoms with Gasteiger partial charge in [-0.1, -0.05) is 23.8 Å². The van der Waals surface area contributed by atoms with Crippen LogP contribution in [0.1, 0.15) is 23.0 Å². The Labute approximate surface area is 140 Å². The molecule has 2 heterocycles. The summed E-state index contributed by atoms with van der Waals surface area (Å²) in [5.74, 6) is 0.585. The van der Waals surface area contributed by atoms with E-state index in [1.807, 2.05) is 23.7 Å². The lowest BCUT2D eigenvalue weighted by molar-refractivity contribution is 0.366. The number of nitrogens with zero attached hydrogens (tertiary/aromatic N) is 2. The van der Waals surface area contributed by atoms with E-state index in [1.54, 1.807) is 13.2 Å². The van der Waals surface area contributed by atoms with Crippen LogP contribution in [0.3, 0.4) is 0 Å². The summed E-state index contributed by atoms with van der Waals surface area (Å²) in [6, 6.07) is 13.9. The van der Waals surface area contributed by atoms with Crippen LogP contribution in [0.4, 0.5) is 5.69 Å².